The van der Waals surface area contributed by atoms with Crippen LogP contribution in [0.15, 0.2) is 0 Å². The molecule has 0 radical (unpaired) electrons. The molecule has 0 bridgehead atoms. The molecule has 1 aliphatic heterocycles. The van der Waals surface area contributed by atoms with Gasteiger partial charge in [-0.15, -0.1) is 0 Å². The zero-order valence-corrected chi connectivity index (χ0v) is 11.9. The van der Waals surface area contributed by atoms with Gasteiger partial charge < -0.3 is 15.3 Å². The summed E-state index contributed by atoms with van der Waals surface area (Å²) in [5.74, 6) is 1.37. The van der Waals surface area contributed by atoms with E-state index in [0.29, 0.717) is 12.0 Å². The summed E-state index contributed by atoms with van der Waals surface area (Å²) in [4.78, 5) is 2.56. The number of piperidine rings is 1. The van der Waals surface area contributed by atoms with Gasteiger partial charge in [-0.2, -0.15) is 0 Å². The molecule has 0 aromatic heterocycles. The minimum absolute atomic E-state index is 0.114. The first-order valence-electron chi connectivity index (χ1n) is 7.12. The normalized spacial score (nSPS) is 28.6. The molecule has 102 valence electrons. The first kappa shape index (κ1) is 14.9. The maximum atomic E-state index is 9.80. The molecule has 0 amide bonds. The van der Waals surface area contributed by atoms with E-state index in [-0.39, 0.29) is 6.10 Å². The zero-order valence-electron chi connectivity index (χ0n) is 11.9. The average molecular weight is 242 g/mol. The van der Waals surface area contributed by atoms with Crippen molar-refractivity contribution < 1.29 is 5.11 Å². The van der Waals surface area contributed by atoms with Crippen LogP contribution in [0.3, 0.4) is 0 Å². The lowest BCUT2D eigenvalue weighted by molar-refractivity contribution is 0.0801. The lowest BCUT2D eigenvalue weighted by Gasteiger charge is -2.39. The standard InChI is InChI=1S/C14H30N2O/c1-5-14(17)7-12-6-13(15-4)10-16(9-12)8-11(2)3/h11-15,17H,5-10H2,1-4H3. The number of rotatable bonds is 6. The third-order valence-electron chi connectivity index (χ3n) is 3.72. The summed E-state index contributed by atoms with van der Waals surface area (Å²) in [7, 11) is 2.05. The molecule has 1 heterocycles. The number of nitrogens with one attached hydrogen (secondary N) is 1. The van der Waals surface area contributed by atoms with E-state index in [1.54, 1.807) is 0 Å². The Morgan fingerprint density at radius 1 is 1.35 bits per heavy atom. The highest BCUT2D eigenvalue weighted by Crippen LogP contribution is 2.22. The Balaban J connectivity index is 2.47. The van der Waals surface area contributed by atoms with Crippen molar-refractivity contribution in [2.75, 3.05) is 26.7 Å². The topological polar surface area (TPSA) is 35.5 Å². The summed E-state index contributed by atoms with van der Waals surface area (Å²) in [6.45, 7) is 10.1. The van der Waals surface area contributed by atoms with E-state index in [4.69, 9.17) is 0 Å². The van der Waals surface area contributed by atoms with Gasteiger partial charge in [-0.05, 0) is 38.1 Å². The molecule has 3 nitrogen and oxygen atoms in total. The second-order valence-electron chi connectivity index (χ2n) is 6.00. The van der Waals surface area contributed by atoms with Crippen LogP contribution in [0.4, 0.5) is 0 Å². The van der Waals surface area contributed by atoms with Crippen LogP contribution in [0.5, 0.6) is 0 Å². The Hall–Kier alpha value is -0.120. The first-order chi connectivity index (χ1) is 8.05. The minimum Gasteiger partial charge on any atom is -0.393 e. The van der Waals surface area contributed by atoms with Crippen molar-refractivity contribution in [2.24, 2.45) is 11.8 Å². The van der Waals surface area contributed by atoms with Crippen molar-refractivity contribution in [3.8, 4) is 0 Å². The highest BCUT2D eigenvalue weighted by Gasteiger charge is 2.27. The molecule has 3 unspecified atom stereocenters. The van der Waals surface area contributed by atoms with E-state index in [1.807, 2.05) is 0 Å². The van der Waals surface area contributed by atoms with Crippen LogP contribution in [0.25, 0.3) is 0 Å². The molecule has 1 rings (SSSR count). The van der Waals surface area contributed by atoms with Crippen LogP contribution in [0.2, 0.25) is 0 Å². The number of hydrogen-bond acceptors (Lipinski definition) is 3. The second kappa shape index (κ2) is 7.34. The fourth-order valence-electron chi connectivity index (χ4n) is 2.90. The summed E-state index contributed by atoms with van der Waals surface area (Å²) in [6, 6.07) is 0.594. The minimum atomic E-state index is -0.114. The van der Waals surface area contributed by atoms with E-state index in [2.05, 4.69) is 38.0 Å². The molecule has 3 atom stereocenters. The van der Waals surface area contributed by atoms with Crippen molar-refractivity contribution in [1.29, 1.82) is 0 Å². The Kier molecular flexibility index (Phi) is 6.45. The SMILES string of the molecule is CCC(O)CC1CC(NC)CN(CC(C)C)C1. The molecule has 17 heavy (non-hydrogen) atoms. The number of aliphatic hydroxyl groups excluding tert-OH is 1. The molecule has 1 saturated heterocycles. The molecule has 1 aliphatic rings. The van der Waals surface area contributed by atoms with Crippen molar-refractivity contribution >= 4 is 0 Å². The van der Waals surface area contributed by atoms with Gasteiger partial charge >= 0.3 is 0 Å². The smallest absolute Gasteiger partial charge is 0.0540 e. The van der Waals surface area contributed by atoms with Crippen LogP contribution in [0, 0.1) is 11.8 Å². The summed E-state index contributed by atoms with van der Waals surface area (Å²) in [6.07, 6.45) is 2.94. The molecule has 0 saturated carbocycles. The van der Waals surface area contributed by atoms with Gasteiger partial charge in [0.05, 0.1) is 6.10 Å². The fourth-order valence-corrected chi connectivity index (χ4v) is 2.90. The van der Waals surface area contributed by atoms with E-state index in [1.165, 1.54) is 13.0 Å². The number of nitrogens with zero attached hydrogens (tertiary/aromatic N) is 1. The van der Waals surface area contributed by atoms with Crippen molar-refractivity contribution in [3.05, 3.63) is 0 Å². The predicted octanol–water partition coefficient (Wildman–Crippen LogP) is 1.71. The number of aliphatic hydroxyl groups is 1. The Morgan fingerprint density at radius 3 is 2.59 bits per heavy atom. The summed E-state index contributed by atoms with van der Waals surface area (Å²) in [5, 5.41) is 13.2. The van der Waals surface area contributed by atoms with Gasteiger partial charge in [0.1, 0.15) is 0 Å². The van der Waals surface area contributed by atoms with E-state index >= 15 is 0 Å². The Bertz CT molecular complexity index is 206. The highest BCUT2D eigenvalue weighted by atomic mass is 16.3. The van der Waals surface area contributed by atoms with Crippen molar-refractivity contribution in [1.82, 2.24) is 10.2 Å². The van der Waals surface area contributed by atoms with Gasteiger partial charge in [0.25, 0.3) is 0 Å². The molecular formula is C14H30N2O. The van der Waals surface area contributed by atoms with Gasteiger partial charge in [0.15, 0.2) is 0 Å². The van der Waals surface area contributed by atoms with Gasteiger partial charge in [-0.25, -0.2) is 0 Å². The van der Waals surface area contributed by atoms with Gasteiger partial charge in [-0.1, -0.05) is 20.8 Å². The number of hydrogen-bond donors (Lipinski definition) is 2. The number of likely N-dealkylation sites (tertiary alicyclic amines) is 1. The van der Waals surface area contributed by atoms with Gasteiger partial charge in [0.2, 0.25) is 0 Å². The quantitative estimate of drug-likeness (QED) is 0.744. The van der Waals surface area contributed by atoms with Crippen molar-refractivity contribution in [2.45, 2.75) is 52.2 Å². The first-order valence-corrected chi connectivity index (χ1v) is 7.12. The van der Waals surface area contributed by atoms with E-state index < -0.39 is 0 Å². The third kappa shape index (κ3) is 5.36. The maximum absolute atomic E-state index is 9.80. The summed E-state index contributed by atoms with van der Waals surface area (Å²) < 4.78 is 0. The molecule has 3 heteroatoms. The largest absolute Gasteiger partial charge is 0.393 e. The molecule has 2 N–H and O–H groups in total. The highest BCUT2D eigenvalue weighted by molar-refractivity contribution is 4.84. The third-order valence-corrected chi connectivity index (χ3v) is 3.72. The maximum Gasteiger partial charge on any atom is 0.0540 e. The van der Waals surface area contributed by atoms with Crippen LogP contribution in [-0.4, -0.2) is 48.8 Å². The number of likely N-dealkylation sites (N-methyl/N-ethyl adjacent to an activating group) is 1. The molecule has 0 aromatic rings. The summed E-state index contributed by atoms with van der Waals surface area (Å²) >= 11 is 0. The van der Waals surface area contributed by atoms with Gasteiger partial charge in [0, 0.05) is 25.7 Å². The average Bonchev–Trinajstić information content (AvgIpc) is 2.27. The molecule has 0 aromatic carbocycles. The second-order valence-corrected chi connectivity index (χ2v) is 6.00. The zero-order chi connectivity index (χ0) is 12.8. The molecular weight excluding hydrogens is 212 g/mol. The fraction of sp³-hybridized carbons (Fsp3) is 1.00. The predicted molar refractivity (Wildman–Crippen MR) is 73.1 cm³/mol. The van der Waals surface area contributed by atoms with E-state index in [0.717, 1.165) is 31.8 Å². The summed E-state index contributed by atoms with van der Waals surface area (Å²) in [5.41, 5.74) is 0. The van der Waals surface area contributed by atoms with Crippen LogP contribution in [-0.2, 0) is 0 Å². The van der Waals surface area contributed by atoms with Crippen LogP contribution < -0.4 is 5.32 Å². The molecule has 0 spiro atoms. The molecule has 0 aliphatic carbocycles. The monoisotopic (exact) mass is 242 g/mol. The van der Waals surface area contributed by atoms with Crippen molar-refractivity contribution in [3.63, 3.8) is 0 Å². The van der Waals surface area contributed by atoms with Crippen LogP contribution >= 0.6 is 0 Å². The van der Waals surface area contributed by atoms with Gasteiger partial charge in [-0.3, -0.25) is 0 Å². The lowest BCUT2D eigenvalue weighted by Crippen LogP contribution is -2.49. The molecule has 1 fully saturated rings. The Labute approximate surface area is 107 Å². The van der Waals surface area contributed by atoms with Crippen LogP contribution in [0.1, 0.15) is 40.0 Å². The Morgan fingerprint density at radius 2 is 2.06 bits per heavy atom. The van der Waals surface area contributed by atoms with E-state index in [9.17, 15) is 5.11 Å². The lowest BCUT2D eigenvalue weighted by atomic mass is 9.88.